The van der Waals surface area contributed by atoms with Crippen molar-refractivity contribution in [3.8, 4) is 5.75 Å². The maximum Gasteiger partial charge on any atom is 0.336 e. The summed E-state index contributed by atoms with van der Waals surface area (Å²) >= 11 is 0. The Balaban J connectivity index is 1.76. The minimum atomic E-state index is -0.878. The van der Waals surface area contributed by atoms with Gasteiger partial charge in [0.1, 0.15) is 11.3 Å². The molecule has 1 aromatic heterocycles. The number of carbonyl (C=O) groups is 1. The van der Waals surface area contributed by atoms with Gasteiger partial charge in [0.2, 0.25) is 0 Å². The van der Waals surface area contributed by atoms with Crippen molar-refractivity contribution in [3.05, 3.63) is 74.6 Å². The Hall–Kier alpha value is -3.68. The normalized spacial score (nSPS) is 11.8. The molecule has 2 aromatic carbocycles. The van der Waals surface area contributed by atoms with E-state index in [4.69, 9.17) is 9.15 Å². The van der Waals surface area contributed by atoms with E-state index < -0.39 is 22.6 Å². The van der Waals surface area contributed by atoms with Crippen molar-refractivity contribution in [2.24, 2.45) is 0 Å². The Bertz CT molecular complexity index is 1120. The number of nitrogens with one attached hydrogen (secondary N) is 1. The Morgan fingerprint density at radius 2 is 2.03 bits per heavy atom. The standard InChI is InChI=1S/C21H20N2O6/c1-3-5-14-10-20(24)29-19-12-17(8-9-18(14)19)28-13(2)21(25)22-15-6-4-7-16(11-15)23(26)27/h4,6-13H,3,5H2,1-2H3,(H,22,25)/t13-/m1/s1. The zero-order chi connectivity index (χ0) is 21.0. The van der Waals surface area contributed by atoms with E-state index >= 15 is 0 Å². The number of nitrogens with zero attached hydrogens (tertiary/aromatic N) is 1. The maximum absolute atomic E-state index is 12.4. The van der Waals surface area contributed by atoms with E-state index in [0.29, 0.717) is 17.0 Å². The molecule has 0 spiro atoms. The first-order valence-electron chi connectivity index (χ1n) is 9.16. The fourth-order valence-electron chi connectivity index (χ4n) is 2.96. The highest BCUT2D eigenvalue weighted by Gasteiger charge is 2.17. The summed E-state index contributed by atoms with van der Waals surface area (Å²) in [6.45, 7) is 3.58. The van der Waals surface area contributed by atoms with Gasteiger partial charge < -0.3 is 14.5 Å². The number of nitro groups is 1. The van der Waals surface area contributed by atoms with E-state index in [0.717, 1.165) is 23.8 Å². The lowest BCUT2D eigenvalue weighted by molar-refractivity contribution is -0.384. The number of hydrogen-bond donors (Lipinski definition) is 1. The van der Waals surface area contributed by atoms with E-state index in [1.807, 2.05) is 6.92 Å². The van der Waals surface area contributed by atoms with E-state index in [1.165, 1.54) is 24.3 Å². The molecule has 1 amide bonds. The summed E-state index contributed by atoms with van der Waals surface area (Å²) < 4.78 is 10.9. The summed E-state index contributed by atoms with van der Waals surface area (Å²) in [6.07, 6.45) is 0.771. The second-order valence-electron chi connectivity index (χ2n) is 6.56. The Morgan fingerprint density at radius 1 is 1.24 bits per heavy atom. The molecule has 1 heterocycles. The Morgan fingerprint density at radius 3 is 2.76 bits per heavy atom. The molecule has 0 saturated carbocycles. The largest absolute Gasteiger partial charge is 0.481 e. The molecule has 0 bridgehead atoms. The molecular formula is C21H20N2O6. The van der Waals surface area contributed by atoms with Crippen LogP contribution in [0.4, 0.5) is 11.4 Å². The summed E-state index contributed by atoms with van der Waals surface area (Å²) in [4.78, 5) is 34.5. The first-order chi connectivity index (χ1) is 13.9. The van der Waals surface area contributed by atoms with Crippen LogP contribution < -0.4 is 15.7 Å². The molecule has 0 radical (unpaired) electrons. The zero-order valence-corrected chi connectivity index (χ0v) is 16.0. The van der Waals surface area contributed by atoms with Crippen LogP contribution in [-0.2, 0) is 11.2 Å². The number of anilines is 1. The number of aryl methyl sites for hydroxylation is 1. The van der Waals surface area contributed by atoms with Crippen LogP contribution in [0.15, 0.2) is 57.7 Å². The van der Waals surface area contributed by atoms with E-state index in [1.54, 1.807) is 31.2 Å². The molecule has 29 heavy (non-hydrogen) atoms. The minimum Gasteiger partial charge on any atom is -0.481 e. The minimum absolute atomic E-state index is 0.121. The number of fused-ring (bicyclic) bond motifs is 1. The smallest absolute Gasteiger partial charge is 0.336 e. The molecular weight excluding hydrogens is 376 g/mol. The highest BCUT2D eigenvalue weighted by Crippen LogP contribution is 2.24. The van der Waals surface area contributed by atoms with Crippen molar-refractivity contribution in [1.82, 2.24) is 0 Å². The molecule has 1 atom stereocenters. The molecule has 0 aliphatic heterocycles. The number of benzene rings is 2. The number of carbonyl (C=O) groups excluding carboxylic acids is 1. The van der Waals surface area contributed by atoms with Gasteiger partial charge in [-0.25, -0.2) is 4.79 Å². The summed E-state index contributed by atoms with van der Waals surface area (Å²) in [5, 5.41) is 14.3. The first kappa shape index (κ1) is 20.1. The van der Waals surface area contributed by atoms with Gasteiger partial charge >= 0.3 is 5.63 Å². The average Bonchev–Trinajstić information content (AvgIpc) is 2.68. The number of amides is 1. The van der Waals surface area contributed by atoms with Gasteiger partial charge in [0.15, 0.2) is 6.10 Å². The van der Waals surface area contributed by atoms with Crippen LogP contribution in [0, 0.1) is 10.1 Å². The second-order valence-corrected chi connectivity index (χ2v) is 6.56. The molecule has 0 aliphatic rings. The predicted octanol–water partition coefficient (Wildman–Crippen LogP) is 4.06. The SMILES string of the molecule is CCCc1cc(=O)oc2cc(O[C@H](C)C(=O)Nc3cccc([N+](=O)[O-])c3)ccc12. The van der Waals surface area contributed by atoms with Gasteiger partial charge in [0.25, 0.3) is 11.6 Å². The molecule has 1 N–H and O–H groups in total. The van der Waals surface area contributed by atoms with Crippen LogP contribution in [0.25, 0.3) is 11.0 Å². The highest BCUT2D eigenvalue weighted by molar-refractivity contribution is 5.94. The number of hydrogen-bond acceptors (Lipinski definition) is 6. The highest BCUT2D eigenvalue weighted by atomic mass is 16.6. The van der Waals surface area contributed by atoms with Crippen LogP contribution in [0.5, 0.6) is 5.75 Å². The van der Waals surface area contributed by atoms with E-state index in [-0.39, 0.29) is 5.69 Å². The van der Waals surface area contributed by atoms with Crippen LogP contribution >= 0.6 is 0 Å². The molecule has 8 heteroatoms. The molecule has 8 nitrogen and oxygen atoms in total. The van der Waals surface area contributed by atoms with Gasteiger partial charge in [-0.3, -0.25) is 14.9 Å². The van der Waals surface area contributed by atoms with Crippen molar-refractivity contribution in [2.45, 2.75) is 32.8 Å². The quantitative estimate of drug-likeness (QED) is 0.366. The monoisotopic (exact) mass is 396 g/mol. The van der Waals surface area contributed by atoms with Crippen molar-refractivity contribution in [3.63, 3.8) is 0 Å². The van der Waals surface area contributed by atoms with Crippen LogP contribution in [0.2, 0.25) is 0 Å². The van der Waals surface area contributed by atoms with Crippen LogP contribution in [0.3, 0.4) is 0 Å². The average molecular weight is 396 g/mol. The number of nitro benzene ring substituents is 1. The lowest BCUT2D eigenvalue weighted by Gasteiger charge is -2.15. The fraction of sp³-hybridized carbons (Fsp3) is 0.238. The third kappa shape index (κ3) is 4.78. The molecule has 3 rings (SSSR count). The topological polar surface area (TPSA) is 112 Å². The lowest BCUT2D eigenvalue weighted by atomic mass is 10.1. The summed E-state index contributed by atoms with van der Waals surface area (Å²) in [5.41, 5.74) is 1.04. The van der Waals surface area contributed by atoms with Gasteiger partial charge in [-0.2, -0.15) is 0 Å². The van der Waals surface area contributed by atoms with Gasteiger partial charge in [-0.15, -0.1) is 0 Å². The Kier molecular flexibility index (Phi) is 5.92. The fourth-order valence-corrected chi connectivity index (χ4v) is 2.96. The van der Waals surface area contributed by atoms with Gasteiger partial charge in [0, 0.05) is 35.3 Å². The van der Waals surface area contributed by atoms with Gasteiger partial charge in [-0.1, -0.05) is 19.4 Å². The van der Waals surface area contributed by atoms with E-state index in [9.17, 15) is 19.7 Å². The summed E-state index contributed by atoms with van der Waals surface area (Å²) in [6, 6.07) is 12.2. The Labute approximate surface area is 166 Å². The lowest BCUT2D eigenvalue weighted by Crippen LogP contribution is -2.30. The van der Waals surface area contributed by atoms with Gasteiger partial charge in [0.05, 0.1) is 4.92 Å². The molecule has 0 aliphatic carbocycles. The van der Waals surface area contributed by atoms with Crippen molar-refractivity contribution < 1.29 is 18.9 Å². The number of ether oxygens (including phenoxy) is 1. The van der Waals surface area contributed by atoms with E-state index in [2.05, 4.69) is 5.32 Å². The number of non-ortho nitro benzene ring substituents is 1. The molecule has 150 valence electrons. The number of rotatable bonds is 7. The summed E-state index contributed by atoms with van der Waals surface area (Å²) in [7, 11) is 0. The predicted molar refractivity (Wildman–Crippen MR) is 108 cm³/mol. The third-order valence-electron chi connectivity index (χ3n) is 4.33. The summed E-state index contributed by atoms with van der Waals surface area (Å²) in [5.74, 6) is -0.0947. The first-order valence-corrected chi connectivity index (χ1v) is 9.16. The second kappa shape index (κ2) is 8.55. The molecule has 0 fully saturated rings. The van der Waals surface area contributed by atoms with Crippen molar-refractivity contribution in [2.75, 3.05) is 5.32 Å². The van der Waals surface area contributed by atoms with Crippen molar-refractivity contribution in [1.29, 1.82) is 0 Å². The van der Waals surface area contributed by atoms with Crippen molar-refractivity contribution >= 4 is 28.3 Å². The maximum atomic E-state index is 12.4. The molecule has 0 saturated heterocycles. The molecule has 3 aromatic rings. The molecule has 0 unspecified atom stereocenters. The van der Waals surface area contributed by atoms with Crippen LogP contribution in [-0.4, -0.2) is 16.9 Å². The zero-order valence-electron chi connectivity index (χ0n) is 16.0. The van der Waals surface area contributed by atoms with Gasteiger partial charge in [-0.05, 0) is 37.1 Å². The third-order valence-corrected chi connectivity index (χ3v) is 4.33. The van der Waals surface area contributed by atoms with Crippen LogP contribution in [0.1, 0.15) is 25.8 Å².